The van der Waals surface area contributed by atoms with Gasteiger partial charge in [0.05, 0.1) is 0 Å². The van der Waals surface area contributed by atoms with E-state index in [9.17, 15) is 14.3 Å². The summed E-state index contributed by atoms with van der Waals surface area (Å²) >= 11 is 5.18. The van der Waals surface area contributed by atoms with Gasteiger partial charge in [0.15, 0.2) is 5.11 Å². The highest BCUT2D eigenvalue weighted by atomic mass is 32.1. The summed E-state index contributed by atoms with van der Waals surface area (Å²) in [6, 6.07) is 22.6. The molecule has 0 spiro atoms. The number of carbonyl (C=O) groups excluding carboxylic acids is 1. The summed E-state index contributed by atoms with van der Waals surface area (Å²) in [4.78, 5) is 16.8. The van der Waals surface area contributed by atoms with Gasteiger partial charge >= 0.3 is 0 Å². The van der Waals surface area contributed by atoms with Crippen molar-refractivity contribution < 1.29 is 19.0 Å². The first-order valence-electron chi connectivity index (χ1n) is 12.0. The molecule has 0 radical (unpaired) electrons. The van der Waals surface area contributed by atoms with Crippen LogP contribution in [0.2, 0.25) is 0 Å². The van der Waals surface area contributed by atoms with E-state index >= 15 is 0 Å². The van der Waals surface area contributed by atoms with Gasteiger partial charge in [0.25, 0.3) is 5.91 Å². The Morgan fingerprint density at radius 2 is 1.62 bits per heavy atom. The smallest absolute Gasteiger partial charge is 0.269 e. The highest BCUT2D eigenvalue weighted by molar-refractivity contribution is 7.80. The Labute approximate surface area is 221 Å². The number of thiocarbonyl (C=S) groups is 1. The Bertz CT molecular complexity index is 1160. The van der Waals surface area contributed by atoms with Crippen molar-refractivity contribution in [3.8, 4) is 5.75 Å². The predicted octanol–water partition coefficient (Wildman–Crippen LogP) is 3.02. The van der Waals surface area contributed by atoms with Gasteiger partial charge < -0.3 is 20.1 Å². The maximum absolute atomic E-state index is 13.1. The van der Waals surface area contributed by atoms with Crippen molar-refractivity contribution in [1.29, 1.82) is 0 Å². The molecule has 0 saturated carbocycles. The number of para-hydroxylation sites is 1. The molecule has 1 atom stereocenters. The van der Waals surface area contributed by atoms with Gasteiger partial charge in [-0.1, -0.05) is 18.2 Å². The third kappa shape index (κ3) is 8.14. The first kappa shape index (κ1) is 26.3. The second-order valence-corrected chi connectivity index (χ2v) is 9.06. The van der Waals surface area contributed by atoms with E-state index in [0.717, 1.165) is 37.6 Å². The minimum atomic E-state index is -0.650. The number of aliphatic hydroxyl groups is 1. The minimum absolute atomic E-state index is 0.144. The number of halogens is 1. The number of rotatable bonds is 8. The van der Waals surface area contributed by atoms with Crippen molar-refractivity contribution in [2.45, 2.75) is 6.10 Å². The molecule has 3 aromatic carbocycles. The summed E-state index contributed by atoms with van der Waals surface area (Å²) in [6.07, 6.45) is -0.650. The van der Waals surface area contributed by atoms with E-state index < -0.39 is 6.10 Å². The molecular formula is C27H30FN5O3S. The van der Waals surface area contributed by atoms with E-state index in [4.69, 9.17) is 17.0 Å². The minimum Gasteiger partial charge on any atom is -0.491 e. The molecule has 3 aromatic rings. The van der Waals surface area contributed by atoms with Crippen LogP contribution in [0.3, 0.4) is 0 Å². The van der Waals surface area contributed by atoms with Crippen LogP contribution in [0.25, 0.3) is 0 Å². The number of carbonyl (C=O) groups is 1. The number of aliphatic hydroxyl groups excluding tert-OH is 1. The number of β-amino-alcohol motifs (C(OH)–C–C–N with tert-alkyl or cyclic N) is 1. The molecule has 1 aliphatic rings. The lowest BCUT2D eigenvalue weighted by atomic mass is 10.2. The van der Waals surface area contributed by atoms with Gasteiger partial charge in [-0.05, 0) is 72.9 Å². The molecule has 1 amide bonds. The molecule has 1 fully saturated rings. The van der Waals surface area contributed by atoms with E-state index in [1.807, 2.05) is 30.3 Å². The predicted molar refractivity (Wildman–Crippen MR) is 146 cm³/mol. The number of amides is 1. The average Bonchev–Trinajstić information content (AvgIpc) is 2.92. The number of nitrogens with one attached hydrogen (secondary N) is 3. The first-order valence-corrected chi connectivity index (χ1v) is 12.4. The lowest BCUT2D eigenvalue weighted by molar-refractivity contribution is 0.0663. The Balaban J connectivity index is 1.14. The number of hydrazine groups is 1. The normalized spacial score (nSPS) is 14.5. The summed E-state index contributed by atoms with van der Waals surface area (Å²) < 4.78 is 18.8. The molecule has 0 bridgehead atoms. The average molecular weight is 524 g/mol. The van der Waals surface area contributed by atoms with Crippen LogP contribution >= 0.6 is 12.2 Å². The third-order valence-electron chi connectivity index (χ3n) is 5.91. The number of hydrogen-bond donors (Lipinski definition) is 4. The SMILES string of the molecule is O=C(NNC(=S)Nc1ccccc1)c1ccc(OCC(O)CN2CCN(c3ccc(F)cc3)CC2)cc1. The number of ether oxygens (including phenoxy) is 1. The van der Waals surface area contributed by atoms with E-state index in [0.29, 0.717) is 17.9 Å². The largest absolute Gasteiger partial charge is 0.491 e. The maximum atomic E-state index is 13.1. The van der Waals surface area contributed by atoms with Crippen LogP contribution in [0, 0.1) is 5.82 Å². The molecule has 0 aromatic heterocycles. The van der Waals surface area contributed by atoms with Gasteiger partial charge in [0.1, 0.15) is 24.3 Å². The van der Waals surface area contributed by atoms with E-state index in [-0.39, 0.29) is 23.4 Å². The van der Waals surface area contributed by atoms with Crippen molar-refractivity contribution in [2.75, 3.05) is 49.5 Å². The molecule has 37 heavy (non-hydrogen) atoms. The number of benzene rings is 3. The standard InChI is InChI=1S/C27H30FN5O3S/c28-21-8-10-23(11-9-21)33-16-14-32(15-17-33)18-24(34)19-36-25-12-6-20(7-13-25)26(35)30-31-27(37)29-22-4-2-1-3-5-22/h1-13,24,34H,14-19H2,(H,30,35)(H2,29,31,37). The van der Waals surface area contributed by atoms with Crippen LogP contribution in [0.15, 0.2) is 78.9 Å². The zero-order valence-corrected chi connectivity index (χ0v) is 21.1. The molecule has 1 saturated heterocycles. The second-order valence-electron chi connectivity index (χ2n) is 8.65. The Morgan fingerprint density at radius 1 is 0.946 bits per heavy atom. The van der Waals surface area contributed by atoms with Crippen molar-refractivity contribution in [2.24, 2.45) is 0 Å². The third-order valence-corrected chi connectivity index (χ3v) is 6.12. The van der Waals surface area contributed by atoms with Crippen LogP contribution < -0.4 is 25.8 Å². The molecule has 4 N–H and O–H groups in total. The zero-order chi connectivity index (χ0) is 26.0. The van der Waals surface area contributed by atoms with Crippen molar-refractivity contribution in [3.05, 3.63) is 90.2 Å². The number of nitrogens with zero attached hydrogens (tertiary/aromatic N) is 2. The topological polar surface area (TPSA) is 89.1 Å². The molecule has 1 heterocycles. The van der Waals surface area contributed by atoms with Crippen molar-refractivity contribution in [3.63, 3.8) is 0 Å². The first-order chi connectivity index (χ1) is 18.0. The fourth-order valence-corrected chi connectivity index (χ4v) is 4.12. The number of anilines is 2. The molecule has 10 heteroatoms. The highest BCUT2D eigenvalue weighted by Crippen LogP contribution is 2.17. The monoisotopic (exact) mass is 523 g/mol. The molecule has 0 aliphatic carbocycles. The fraction of sp³-hybridized carbons (Fsp3) is 0.259. The summed E-state index contributed by atoms with van der Waals surface area (Å²) in [7, 11) is 0. The lowest BCUT2D eigenvalue weighted by Crippen LogP contribution is -2.49. The van der Waals surface area contributed by atoms with Gasteiger partial charge in [0, 0.05) is 49.7 Å². The summed E-state index contributed by atoms with van der Waals surface area (Å²) in [6.45, 7) is 3.87. The Morgan fingerprint density at radius 3 is 2.30 bits per heavy atom. The van der Waals surface area contributed by atoms with Crippen LogP contribution in [0.5, 0.6) is 5.75 Å². The fourth-order valence-electron chi connectivity index (χ4n) is 3.96. The van der Waals surface area contributed by atoms with Gasteiger partial charge in [-0.15, -0.1) is 0 Å². The van der Waals surface area contributed by atoms with Gasteiger partial charge in [-0.3, -0.25) is 20.5 Å². The number of piperazine rings is 1. The molecule has 8 nitrogen and oxygen atoms in total. The Hall–Kier alpha value is -3.73. The van der Waals surface area contributed by atoms with E-state index in [1.165, 1.54) is 12.1 Å². The molecule has 1 unspecified atom stereocenters. The molecular weight excluding hydrogens is 493 g/mol. The summed E-state index contributed by atoms with van der Waals surface area (Å²) in [5.41, 5.74) is 7.47. The quantitative estimate of drug-likeness (QED) is 0.265. The highest BCUT2D eigenvalue weighted by Gasteiger charge is 2.20. The van der Waals surface area contributed by atoms with Crippen LogP contribution in [0.1, 0.15) is 10.4 Å². The second kappa shape index (κ2) is 13.0. The van der Waals surface area contributed by atoms with E-state index in [2.05, 4.69) is 26.0 Å². The van der Waals surface area contributed by atoms with E-state index in [1.54, 1.807) is 36.4 Å². The van der Waals surface area contributed by atoms with Gasteiger partial charge in [-0.25, -0.2) is 4.39 Å². The zero-order valence-electron chi connectivity index (χ0n) is 20.3. The lowest BCUT2D eigenvalue weighted by Gasteiger charge is -2.36. The van der Waals surface area contributed by atoms with Gasteiger partial charge in [-0.2, -0.15) is 0 Å². The maximum Gasteiger partial charge on any atom is 0.269 e. The molecule has 1 aliphatic heterocycles. The number of hydrogen-bond acceptors (Lipinski definition) is 6. The van der Waals surface area contributed by atoms with Crippen LogP contribution in [0.4, 0.5) is 15.8 Å². The van der Waals surface area contributed by atoms with Gasteiger partial charge in [0.2, 0.25) is 0 Å². The molecule has 4 rings (SSSR count). The van der Waals surface area contributed by atoms with Crippen molar-refractivity contribution in [1.82, 2.24) is 15.8 Å². The Kier molecular flexibility index (Phi) is 9.25. The van der Waals surface area contributed by atoms with Crippen LogP contribution in [-0.4, -0.2) is 66.5 Å². The summed E-state index contributed by atoms with van der Waals surface area (Å²) in [5, 5.41) is 13.7. The molecule has 194 valence electrons. The summed E-state index contributed by atoms with van der Waals surface area (Å²) in [5.74, 6) is -0.0216. The van der Waals surface area contributed by atoms with Crippen molar-refractivity contribution >= 4 is 34.6 Å². The van der Waals surface area contributed by atoms with Crippen LogP contribution in [-0.2, 0) is 0 Å².